The second-order valence-electron chi connectivity index (χ2n) is 9.47. The average Bonchev–Trinajstić information content (AvgIpc) is 3.08. The largest absolute Gasteiger partial charge is 0.390 e. The molecule has 2 aliphatic carbocycles. The minimum absolute atomic E-state index is 0.0714. The molecule has 1 spiro atoms. The number of carbonyl (C=O) groups excluding carboxylic acids is 1. The van der Waals surface area contributed by atoms with E-state index in [1.807, 2.05) is 28.3 Å². The SMILES string of the molecule is Cn1cnc2c1CC[C@H]2NC(=O)c1cn(Cc2ccc(N3CC4(CC4)C3)nc2CO)cn1. The van der Waals surface area contributed by atoms with Crippen LogP contribution in [0.4, 0.5) is 5.82 Å². The molecule has 1 amide bonds. The van der Waals surface area contributed by atoms with E-state index in [-0.39, 0.29) is 18.6 Å². The van der Waals surface area contributed by atoms with Crippen LogP contribution in [-0.4, -0.2) is 48.2 Å². The average molecular weight is 434 g/mol. The zero-order valence-electron chi connectivity index (χ0n) is 18.2. The van der Waals surface area contributed by atoms with Gasteiger partial charge in [0.05, 0.1) is 43.2 Å². The van der Waals surface area contributed by atoms with Crippen LogP contribution >= 0.6 is 0 Å². The van der Waals surface area contributed by atoms with Crippen LogP contribution in [0.25, 0.3) is 0 Å². The number of carbonyl (C=O) groups is 1. The lowest BCUT2D eigenvalue weighted by molar-refractivity contribution is 0.0931. The molecular formula is C23H27N7O2. The molecule has 0 unspecified atom stereocenters. The quantitative estimate of drug-likeness (QED) is 0.612. The maximum Gasteiger partial charge on any atom is 0.272 e. The highest BCUT2D eigenvalue weighted by atomic mass is 16.3. The summed E-state index contributed by atoms with van der Waals surface area (Å²) < 4.78 is 3.87. The standard InChI is InChI=1S/C23H27N7O2/c1-28-13-25-21-16(3-4-19(21)28)27-22(32)17-9-29(14-24-17)8-15-2-5-20(26-18(15)10-31)30-11-23(12-30)6-7-23/h2,5,9,13-14,16,31H,3-4,6-8,10-12H2,1H3,(H,27,32)/t16-/m1/s1. The lowest BCUT2D eigenvalue weighted by atomic mass is 9.97. The number of pyridine rings is 1. The van der Waals surface area contributed by atoms with Crippen LogP contribution in [0.1, 0.15) is 58.4 Å². The van der Waals surface area contributed by atoms with E-state index in [1.165, 1.54) is 18.5 Å². The van der Waals surface area contributed by atoms with Gasteiger partial charge in [-0.25, -0.2) is 15.0 Å². The fraction of sp³-hybridized carbons (Fsp3) is 0.478. The first-order valence-corrected chi connectivity index (χ1v) is 11.2. The molecule has 0 aromatic carbocycles. The maximum atomic E-state index is 12.7. The van der Waals surface area contributed by atoms with Crippen molar-refractivity contribution in [2.75, 3.05) is 18.0 Å². The molecule has 32 heavy (non-hydrogen) atoms. The maximum absolute atomic E-state index is 12.7. The Kier molecular flexibility index (Phi) is 4.36. The number of nitrogens with one attached hydrogen (secondary N) is 1. The summed E-state index contributed by atoms with van der Waals surface area (Å²) in [7, 11) is 1.98. The fourth-order valence-electron chi connectivity index (χ4n) is 5.01. The van der Waals surface area contributed by atoms with E-state index in [0.29, 0.717) is 23.3 Å². The number of rotatable bonds is 6. The van der Waals surface area contributed by atoms with Gasteiger partial charge in [0.15, 0.2) is 0 Å². The van der Waals surface area contributed by atoms with E-state index < -0.39 is 0 Å². The van der Waals surface area contributed by atoms with Crippen molar-refractivity contribution in [1.82, 2.24) is 29.4 Å². The molecule has 1 saturated heterocycles. The molecule has 1 saturated carbocycles. The number of fused-ring (bicyclic) bond motifs is 1. The molecule has 9 nitrogen and oxygen atoms in total. The molecular weight excluding hydrogens is 406 g/mol. The number of nitrogens with zero attached hydrogens (tertiary/aromatic N) is 6. The summed E-state index contributed by atoms with van der Waals surface area (Å²) in [5.41, 5.74) is 4.67. The molecule has 1 atom stereocenters. The first-order chi connectivity index (χ1) is 15.5. The Morgan fingerprint density at radius 1 is 1.25 bits per heavy atom. The predicted octanol–water partition coefficient (Wildman–Crippen LogP) is 1.57. The molecule has 2 N–H and O–H groups in total. The first kappa shape index (κ1) is 19.5. The smallest absolute Gasteiger partial charge is 0.272 e. The van der Waals surface area contributed by atoms with Crippen LogP contribution in [0, 0.1) is 5.41 Å². The van der Waals surface area contributed by atoms with E-state index in [0.717, 1.165) is 43.0 Å². The van der Waals surface area contributed by atoms with Crippen molar-refractivity contribution in [3.8, 4) is 0 Å². The van der Waals surface area contributed by atoms with Crippen LogP contribution in [0.15, 0.2) is 31.0 Å². The van der Waals surface area contributed by atoms with Gasteiger partial charge in [-0.05, 0) is 37.3 Å². The van der Waals surface area contributed by atoms with Gasteiger partial charge in [0.25, 0.3) is 5.91 Å². The third kappa shape index (κ3) is 3.28. The summed E-state index contributed by atoms with van der Waals surface area (Å²) in [5, 5.41) is 12.9. The number of aryl methyl sites for hydroxylation is 1. The number of hydrogen-bond acceptors (Lipinski definition) is 6. The molecule has 1 aliphatic heterocycles. The van der Waals surface area contributed by atoms with Crippen molar-refractivity contribution in [2.45, 2.75) is 44.9 Å². The molecule has 9 heteroatoms. The number of hydrogen-bond donors (Lipinski definition) is 2. The Labute approximate surface area is 186 Å². The topological polar surface area (TPSA) is 101 Å². The van der Waals surface area contributed by atoms with Crippen LogP contribution in [-0.2, 0) is 26.6 Å². The number of anilines is 1. The second-order valence-corrected chi connectivity index (χ2v) is 9.47. The van der Waals surface area contributed by atoms with Crippen LogP contribution in [0.5, 0.6) is 0 Å². The monoisotopic (exact) mass is 433 g/mol. The molecule has 3 aliphatic rings. The molecule has 4 heterocycles. The predicted molar refractivity (Wildman–Crippen MR) is 117 cm³/mol. The molecule has 166 valence electrons. The Hall–Kier alpha value is -3.20. The van der Waals surface area contributed by atoms with Gasteiger partial charge in [-0.3, -0.25) is 4.79 Å². The van der Waals surface area contributed by atoms with Gasteiger partial charge in [-0.15, -0.1) is 0 Å². The molecule has 3 aromatic heterocycles. The third-order valence-electron chi connectivity index (χ3n) is 7.15. The highest BCUT2D eigenvalue weighted by Crippen LogP contribution is 2.53. The number of amides is 1. The first-order valence-electron chi connectivity index (χ1n) is 11.2. The summed E-state index contributed by atoms with van der Waals surface area (Å²) >= 11 is 0. The van der Waals surface area contributed by atoms with Gasteiger partial charge in [-0.2, -0.15) is 0 Å². The highest BCUT2D eigenvalue weighted by molar-refractivity contribution is 5.92. The lowest BCUT2D eigenvalue weighted by Crippen LogP contribution is -2.48. The van der Waals surface area contributed by atoms with Crippen LogP contribution < -0.4 is 10.2 Å². The molecule has 6 rings (SSSR count). The van der Waals surface area contributed by atoms with Gasteiger partial charge >= 0.3 is 0 Å². The summed E-state index contributed by atoms with van der Waals surface area (Å²) in [5.74, 6) is 0.737. The zero-order valence-corrected chi connectivity index (χ0v) is 18.2. The number of imidazole rings is 2. The number of aromatic nitrogens is 5. The Bertz CT molecular complexity index is 1180. The number of aliphatic hydroxyl groups excluding tert-OH is 1. The molecule has 2 fully saturated rings. The van der Waals surface area contributed by atoms with Gasteiger partial charge in [0, 0.05) is 37.4 Å². The van der Waals surface area contributed by atoms with Gasteiger partial charge in [-0.1, -0.05) is 6.07 Å². The lowest BCUT2D eigenvalue weighted by Gasteiger charge is -2.41. The van der Waals surface area contributed by atoms with E-state index >= 15 is 0 Å². The molecule has 0 radical (unpaired) electrons. The van der Waals surface area contributed by atoms with Crippen molar-refractivity contribution in [2.24, 2.45) is 12.5 Å². The van der Waals surface area contributed by atoms with E-state index in [9.17, 15) is 9.90 Å². The Morgan fingerprint density at radius 3 is 2.88 bits per heavy atom. The Balaban J connectivity index is 1.13. The van der Waals surface area contributed by atoms with E-state index in [1.54, 1.807) is 18.9 Å². The second kappa shape index (κ2) is 7.16. The molecule has 0 bridgehead atoms. The van der Waals surface area contributed by atoms with Crippen molar-refractivity contribution < 1.29 is 9.90 Å². The van der Waals surface area contributed by atoms with Gasteiger partial charge in [0.2, 0.25) is 0 Å². The van der Waals surface area contributed by atoms with Crippen molar-refractivity contribution in [3.05, 3.63) is 59.3 Å². The summed E-state index contributed by atoms with van der Waals surface area (Å²) in [6, 6.07) is 3.98. The molecule has 3 aromatic rings. The van der Waals surface area contributed by atoms with Crippen LogP contribution in [0.3, 0.4) is 0 Å². The normalized spacial score (nSPS) is 20.3. The summed E-state index contributed by atoms with van der Waals surface area (Å²) in [4.78, 5) is 28.4. The highest BCUT2D eigenvalue weighted by Gasteiger charge is 2.52. The summed E-state index contributed by atoms with van der Waals surface area (Å²) in [6.07, 6.45) is 9.61. The van der Waals surface area contributed by atoms with E-state index in [4.69, 9.17) is 4.98 Å². The van der Waals surface area contributed by atoms with Gasteiger partial charge in [0.1, 0.15) is 11.5 Å². The minimum atomic E-state index is -0.199. The van der Waals surface area contributed by atoms with Gasteiger partial charge < -0.3 is 24.5 Å². The fourth-order valence-corrected chi connectivity index (χ4v) is 5.01. The zero-order chi connectivity index (χ0) is 21.9. The van der Waals surface area contributed by atoms with Crippen molar-refractivity contribution >= 4 is 11.7 Å². The Morgan fingerprint density at radius 2 is 2.09 bits per heavy atom. The third-order valence-corrected chi connectivity index (χ3v) is 7.15. The minimum Gasteiger partial charge on any atom is -0.390 e. The number of aliphatic hydroxyl groups is 1. The van der Waals surface area contributed by atoms with E-state index in [2.05, 4.69) is 20.2 Å². The van der Waals surface area contributed by atoms with Crippen LogP contribution in [0.2, 0.25) is 0 Å². The van der Waals surface area contributed by atoms with Crippen molar-refractivity contribution in [3.63, 3.8) is 0 Å². The summed E-state index contributed by atoms with van der Waals surface area (Å²) in [6.45, 7) is 2.54. The van der Waals surface area contributed by atoms with Crippen molar-refractivity contribution in [1.29, 1.82) is 0 Å².